The number of nitrogens with zero attached hydrogens (tertiary/aromatic N) is 1. The number of thioether (sulfide) groups is 1. The van der Waals surface area contributed by atoms with Crippen LogP contribution in [0.15, 0.2) is 46.0 Å². The Morgan fingerprint density at radius 3 is 2.71 bits per heavy atom. The van der Waals surface area contributed by atoms with Gasteiger partial charge in [-0.1, -0.05) is 11.8 Å². The summed E-state index contributed by atoms with van der Waals surface area (Å²) in [6, 6.07) is 7.44. The summed E-state index contributed by atoms with van der Waals surface area (Å²) >= 11 is 0.842. The number of carbonyl (C=O) groups excluding carboxylic acids is 2. The van der Waals surface area contributed by atoms with Gasteiger partial charge in [0.2, 0.25) is 0 Å². The molecule has 1 aliphatic rings. The Morgan fingerprint density at radius 1 is 1.18 bits per heavy atom. The summed E-state index contributed by atoms with van der Waals surface area (Å²) in [5, 5.41) is 2.59. The lowest BCUT2D eigenvalue weighted by molar-refractivity contribution is -0.115. The summed E-state index contributed by atoms with van der Waals surface area (Å²) in [4.78, 5) is 27.5. The van der Waals surface area contributed by atoms with Crippen LogP contribution in [0.4, 0.5) is 4.79 Å². The molecule has 0 unspecified atom stereocenters. The molecule has 2 amide bonds. The number of furan rings is 1. The quantitative estimate of drug-likeness (QED) is 0.528. The van der Waals surface area contributed by atoms with Crippen molar-refractivity contribution in [2.45, 2.75) is 6.92 Å². The van der Waals surface area contributed by atoms with E-state index in [9.17, 15) is 9.59 Å². The summed E-state index contributed by atoms with van der Waals surface area (Å²) in [5.41, 5.74) is 3.10. The molecular weight excluding hydrogens is 376 g/mol. The van der Waals surface area contributed by atoms with E-state index < -0.39 is 11.1 Å². The molecule has 2 aromatic heterocycles. The lowest BCUT2D eigenvalue weighted by Crippen LogP contribution is -2.17. The van der Waals surface area contributed by atoms with Crippen molar-refractivity contribution in [1.29, 1.82) is 0 Å². The van der Waals surface area contributed by atoms with Gasteiger partial charge in [0.1, 0.15) is 11.5 Å². The number of imide groups is 1. The molecule has 3 heterocycles. The number of fused-ring (bicyclic) bond motifs is 1. The highest BCUT2D eigenvalue weighted by molar-refractivity contribution is 8.18. The molecule has 28 heavy (non-hydrogen) atoms. The molecule has 7 heteroatoms. The molecule has 0 bridgehead atoms. The van der Waals surface area contributed by atoms with Crippen LogP contribution >= 0.6 is 11.8 Å². The third kappa shape index (κ3) is 3.50. The minimum absolute atomic E-state index is 0.290. The fourth-order valence-corrected chi connectivity index (χ4v) is 3.39. The van der Waals surface area contributed by atoms with Gasteiger partial charge in [0, 0.05) is 29.4 Å². The molecule has 138 valence electrons. The zero-order chi connectivity index (χ0) is 19.7. The first-order chi connectivity index (χ1) is 13.5. The van der Waals surface area contributed by atoms with Crippen LogP contribution in [0, 0.1) is 18.8 Å². The molecule has 0 spiro atoms. The number of carbonyl (C=O) groups is 2. The van der Waals surface area contributed by atoms with Crippen molar-refractivity contribution >= 4 is 40.0 Å². The lowest BCUT2D eigenvalue weighted by Gasteiger charge is -2.02. The predicted octanol–water partition coefficient (Wildman–Crippen LogP) is 3.87. The van der Waals surface area contributed by atoms with Crippen molar-refractivity contribution in [1.82, 2.24) is 10.3 Å². The second-order valence-corrected chi connectivity index (χ2v) is 7.05. The molecule has 0 atom stereocenters. The van der Waals surface area contributed by atoms with E-state index in [-0.39, 0.29) is 0 Å². The van der Waals surface area contributed by atoms with Crippen LogP contribution in [-0.2, 0) is 4.79 Å². The van der Waals surface area contributed by atoms with Crippen molar-refractivity contribution < 1.29 is 18.7 Å². The summed E-state index contributed by atoms with van der Waals surface area (Å²) < 4.78 is 11.1. The Kier molecular flexibility index (Phi) is 4.63. The maximum absolute atomic E-state index is 11.7. The Morgan fingerprint density at radius 2 is 2.00 bits per heavy atom. The smallest absolute Gasteiger partial charge is 0.290 e. The molecule has 1 aliphatic heterocycles. The van der Waals surface area contributed by atoms with Gasteiger partial charge in [-0.25, -0.2) is 0 Å². The highest BCUT2D eigenvalue weighted by Gasteiger charge is 2.25. The predicted molar refractivity (Wildman–Crippen MR) is 107 cm³/mol. The van der Waals surface area contributed by atoms with E-state index in [4.69, 9.17) is 9.15 Å². The maximum atomic E-state index is 11.7. The highest BCUT2D eigenvalue weighted by atomic mass is 32.2. The highest BCUT2D eigenvalue weighted by Crippen LogP contribution is 2.29. The van der Waals surface area contributed by atoms with Crippen molar-refractivity contribution in [3.8, 4) is 17.6 Å². The van der Waals surface area contributed by atoms with Crippen LogP contribution < -0.4 is 10.1 Å². The number of aromatic nitrogens is 1. The first-order valence-corrected chi connectivity index (χ1v) is 9.14. The van der Waals surface area contributed by atoms with E-state index >= 15 is 0 Å². The summed E-state index contributed by atoms with van der Waals surface area (Å²) in [5.74, 6) is 7.04. The zero-order valence-electron chi connectivity index (χ0n) is 15.0. The van der Waals surface area contributed by atoms with Gasteiger partial charge in [0.25, 0.3) is 11.1 Å². The van der Waals surface area contributed by atoms with E-state index in [0.29, 0.717) is 21.8 Å². The normalized spacial score (nSPS) is 14.9. The number of benzene rings is 1. The second kappa shape index (κ2) is 7.25. The molecule has 1 saturated heterocycles. The number of ether oxygens (including phenoxy) is 1. The Hall–Kier alpha value is -3.50. The van der Waals surface area contributed by atoms with Crippen LogP contribution in [-0.4, -0.2) is 23.2 Å². The van der Waals surface area contributed by atoms with Gasteiger partial charge in [-0.15, -0.1) is 0 Å². The lowest BCUT2D eigenvalue weighted by atomic mass is 10.1. The number of pyridine rings is 1. The summed E-state index contributed by atoms with van der Waals surface area (Å²) in [7, 11) is 1.62. The van der Waals surface area contributed by atoms with Gasteiger partial charge in [0.05, 0.1) is 17.6 Å². The molecule has 1 fully saturated rings. The third-order valence-corrected chi connectivity index (χ3v) is 4.93. The SMILES string of the molecule is COc1ccc(C#Cc2cncc3cc(C=C4SC(=O)NC4=O)oc23)c(C)c1. The minimum Gasteiger partial charge on any atom is -0.497 e. The third-order valence-electron chi connectivity index (χ3n) is 4.12. The average molecular weight is 390 g/mol. The van der Waals surface area contributed by atoms with Crippen molar-refractivity contribution in [3.63, 3.8) is 0 Å². The molecule has 3 aromatic rings. The number of aryl methyl sites for hydroxylation is 1. The topological polar surface area (TPSA) is 81.4 Å². The molecule has 4 rings (SSSR count). The number of amides is 2. The fourth-order valence-electron chi connectivity index (χ4n) is 2.73. The van der Waals surface area contributed by atoms with Gasteiger partial charge in [0.15, 0.2) is 5.58 Å². The fraction of sp³-hybridized carbons (Fsp3) is 0.0952. The first-order valence-electron chi connectivity index (χ1n) is 8.32. The number of methoxy groups -OCH3 is 1. The number of hydrogen-bond acceptors (Lipinski definition) is 6. The van der Waals surface area contributed by atoms with Gasteiger partial charge in [-0.3, -0.25) is 19.9 Å². The monoisotopic (exact) mass is 390 g/mol. The van der Waals surface area contributed by atoms with Gasteiger partial charge >= 0.3 is 0 Å². The molecule has 0 aliphatic carbocycles. The Balaban J connectivity index is 1.70. The molecular formula is C21H14N2O4S. The van der Waals surface area contributed by atoms with Gasteiger partial charge < -0.3 is 9.15 Å². The van der Waals surface area contributed by atoms with Gasteiger partial charge in [-0.05, 0) is 48.5 Å². The van der Waals surface area contributed by atoms with Crippen LogP contribution in [0.3, 0.4) is 0 Å². The van der Waals surface area contributed by atoms with E-state index in [1.54, 1.807) is 25.6 Å². The minimum atomic E-state index is -0.427. The van der Waals surface area contributed by atoms with E-state index in [1.807, 2.05) is 25.1 Å². The summed E-state index contributed by atoms with van der Waals surface area (Å²) in [6.07, 6.45) is 4.84. The molecule has 0 radical (unpaired) electrons. The standard InChI is InChI=1S/C21H14N2O4S/c1-12-7-16(26-2)6-5-13(12)3-4-14-10-22-11-15-8-17(27-19(14)15)9-18-20(24)23-21(25)28-18/h5-11H,1-2H3,(H,23,24,25). The van der Waals surface area contributed by atoms with E-state index in [1.165, 1.54) is 6.08 Å². The molecule has 1 N–H and O–H groups in total. The van der Waals surface area contributed by atoms with Crippen LogP contribution in [0.5, 0.6) is 5.75 Å². The van der Waals surface area contributed by atoms with Gasteiger partial charge in [-0.2, -0.15) is 0 Å². The largest absolute Gasteiger partial charge is 0.497 e. The van der Waals surface area contributed by atoms with Crippen LogP contribution in [0.1, 0.15) is 22.5 Å². The van der Waals surface area contributed by atoms with Crippen LogP contribution in [0.25, 0.3) is 17.0 Å². The second-order valence-electron chi connectivity index (χ2n) is 6.04. The molecule has 6 nitrogen and oxygen atoms in total. The van der Waals surface area contributed by atoms with Crippen molar-refractivity contribution in [3.05, 3.63) is 64.0 Å². The maximum Gasteiger partial charge on any atom is 0.290 e. The van der Waals surface area contributed by atoms with E-state index in [2.05, 4.69) is 22.1 Å². The number of rotatable bonds is 2. The zero-order valence-corrected chi connectivity index (χ0v) is 15.8. The molecule has 0 saturated carbocycles. The summed E-state index contributed by atoms with van der Waals surface area (Å²) in [6.45, 7) is 1.97. The number of nitrogens with one attached hydrogen (secondary N) is 1. The Labute approximate surface area is 165 Å². The first kappa shape index (κ1) is 17.9. The average Bonchev–Trinajstić information content (AvgIpc) is 3.23. The van der Waals surface area contributed by atoms with Crippen LogP contribution in [0.2, 0.25) is 0 Å². The van der Waals surface area contributed by atoms with Crippen molar-refractivity contribution in [2.24, 2.45) is 0 Å². The Bertz CT molecular complexity index is 1210. The molecule has 1 aromatic carbocycles. The number of hydrogen-bond donors (Lipinski definition) is 1. The van der Waals surface area contributed by atoms with Crippen molar-refractivity contribution in [2.75, 3.05) is 7.11 Å². The van der Waals surface area contributed by atoms with E-state index in [0.717, 1.165) is 34.0 Å².